The summed E-state index contributed by atoms with van der Waals surface area (Å²) in [7, 11) is 0. The van der Waals surface area contributed by atoms with Crippen LogP contribution in [-0.2, 0) is 0 Å². The summed E-state index contributed by atoms with van der Waals surface area (Å²) in [4.78, 5) is 14.1. The van der Waals surface area contributed by atoms with Gasteiger partial charge in [-0.05, 0) is 33.4 Å². The van der Waals surface area contributed by atoms with E-state index in [1.54, 1.807) is 6.07 Å². The Labute approximate surface area is 100 Å². The molecule has 0 aliphatic rings. The Hall–Kier alpha value is -0.490. The zero-order chi connectivity index (χ0) is 8.55. The fourth-order valence-electron chi connectivity index (χ4n) is 0.942. The Kier molecular flexibility index (Phi) is 3.38. The van der Waals surface area contributed by atoms with E-state index in [0.29, 0.717) is 0 Å². The Balaban J connectivity index is 0.000000845. The van der Waals surface area contributed by atoms with Crippen molar-refractivity contribution in [1.82, 2.24) is 4.98 Å². The molecule has 2 aromatic rings. The standard InChI is InChI=1S/C7H5N2O2S.Na.H/c10-9(11)7-8-5-3-1-2-4-6(5)12-7;;/h1-4H,(H,10,11);;/q+1;;. The molecule has 4 nitrogen and oxygen atoms in total. The molecule has 0 unspecified atom stereocenters. The van der Waals surface area contributed by atoms with Crippen LogP contribution in [-0.4, -0.2) is 44.7 Å². The van der Waals surface area contributed by atoms with Gasteiger partial charge in [0.1, 0.15) is 0 Å². The molecule has 0 aliphatic heterocycles. The summed E-state index contributed by atoms with van der Waals surface area (Å²) in [6.07, 6.45) is 0. The fourth-order valence-corrected chi connectivity index (χ4v) is 1.73. The second kappa shape index (κ2) is 4.15. The first kappa shape index (κ1) is 10.6. The summed E-state index contributed by atoms with van der Waals surface area (Å²) < 4.78 is 0.891. The SMILES string of the molecule is O=[N+](O)c1nc2ccccc2s1.[NaH]. The summed E-state index contributed by atoms with van der Waals surface area (Å²) >= 11 is 1.16. The van der Waals surface area contributed by atoms with E-state index in [4.69, 9.17) is 5.21 Å². The van der Waals surface area contributed by atoms with E-state index < -0.39 is 0 Å². The Bertz CT molecular complexity index is 410. The summed E-state index contributed by atoms with van der Waals surface area (Å²) in [6, 6.07) is 7.33. The van der Waals surface area contributed by atoms with Crippen molar-refractivity contribution in [2.75, 3.05) is 0 Å². The molecule has 0 radical (unpaired) electrons. The van der Waals surface area contributed by atoms with Gasteiger partial charge in [-0.3, -0.25) is 0 Å². The second-order valence-corrected chi connectivity index (χ2v) is 3.25. The van der Waals surface area contributed by atoms with Crippen LogP contribution in [0.1, 0.15) is 0 Å². The summed E-state index contributed by atoms with van der Waals surface area (Å²) in [5, 5.41) is 8.62. The van der Waals surface area contributed by atoms with Crippen LogP contribution in [0.2, 0.25) is 0 Å². The van der Waals surface area contributed by atoms with Gasteiger partial charge < -0.3 is 5.21 Å². The summed E-state index contributed by atoms with van der Waals surface area (Å²) in [5.41, 5.74) is 0.729. The molecular formula is C7H6N2NaO2S+. The van der Waals surface area contributed by atoms with Crippen LogP contribution in [0.3, 0.4) is 0 Å². The van der Waals surface area contributed by atoms with Crippen molar-refractivity contribution in [2.45, 2.75) is 0 Å². The third kappa shape index (κ3) is 2.05. The Morgan fingerprint density at radius 1 is 1.38 bits per heavy atom. The second-order valence-electron chi connectivity index (χ2n) is 2.24. The third-order valence-corrected chi connectivity index (χ3v) is 2.44. The Morgan fingerprint density at radius 3 is 2.69 bits per heavy atom. The zero-order valence-corrected chi connectivity index (χ0v) is 6.78. The Morgan fingerprint density at radius 2 is 2.08 bits per heavy atom. The van der Waals surface area contributed by atoms with Gasteiger partial charge >= 0.3 is 34.7 Å². The first-order valence-corrected chi connectivity index (χ1v) is 4.11. The number of nitrogens with zero attached hydrogens (tertiary/aromatic N) is 2. The molecule has 0 saturated carbocycles. The first-order chi connectivity index (χ1) is 5.77. The van der Waals surface area contributed by atoms with Gasteiger partial charge in [-0.2, -0.15) is 0 Å². The van der Waals surface area contributed by atoms with E-state index in [1.165, 1.54) is 0 Å². The number of para-hydroxylation sites is 1. The van der Waals surface area contributed by atoms with Crippen LogP contribution in [0.4, 0.5) is 5.13 Å². The van der Waals surface area contributed by atoms with Gasteiger partial charge in [-0.25, -0.2) is 0 Å². The van der Waals surface area contributed by atoms with E-state index >= 15 is 0 Å². The van der Waals surface area contributed by atoms with Crippen molar-refractivity contribution >= 4 is 56.2 Å². The first-order valence-electron chi connectivity index (χ1n) is 3.29. The monoisotopic (exact) mass is 205 g/mol. The quantitative estimate of drug-likeness (QED) is 0.566. The number of benzene rings is 1. The van der Waals surface area contributed by atoms with Gasteiger partial charge in [0.05, 0.1) is 4.70 Å². The molecule has 1 N–H and O–H groups in total. The van der Waals surface area contributed by atoms with Crippen molar-refractivity contribution in [3.05, 3.63) is 29.2 Å². The molecule has 0 aliphatic carbocycles. The van der Waals surface area contributed by atoms with Gasteiger partial charge in [-0.1, -0.05) is 12.1 Å². The average Bonchev–Trinajstić information content (AvgIpc) is 2.46. The van der Waals surface area contributed by atoms with Gasteiger partial charge in [0, 0.05) is 0 Å². The summed E-state index contributed by atoms with van der Waals surface area (Å²) in [5.74, 6) is 0. The van der Waals surface area contributed by atoms with Gasteiger partial charge in [-0.15, -0.1) is 0 Å². The maximum absolute atomic E-state index is 10.4. The average molecular weight is 205 g/mol. The molecule has 0 fully saturated rings. The van der Waals surface area contributed by atoms with Crippen LogP contribution in [0, 0.1) is 4.91 Å². The number of aromatic nitrogens is 1. The van der Waals surface area contributed by atoms with Crippen molar-refractivity contribution < 1.29 is 10.1 Å². The van der Waals surface area contributed by atoms with Crippen molar-refractivity contribution in [2.24, 2.45) is 0 Å². The molecule has 0 saturated heterocycles. The normalized spacial score (nSPS) is 9.54. The van der Waals surface area contributed by atoms with Crippen LogP contribution < -0.4 is 0 Å². The molecule has 1 aromatic carbocycles. The molecule has 13 heavy (non-hydrogen) atoms. The zero-order valence-electron chi connectivity index (χ0n) is 5.97. The van der Waals surface area contributed by atoms with Crippen LogP contribution in [0.5, 0.6) is 0 Å². The molecule has 1 heterocycles. The van der Waals surface area contributed by atoms with E-state index in [-0.39, 0.29) is 39.6 Å². The predicted octanol–water partition coefficient (Wildman–Crippen LogP) is 1.45. The maximum atomic E-state index is 10.4. The number of rotatable bonds is 1. The van der Waals surface area contributed by atoms with E-state index in [2.05, 4.69) is 4.98 Å². The van der Waals surface area contributed by atoms with Crippen LogP contribution in [0.15, 0.2) is 24.3 Å². The minimum absolute atomic E-state index is 0. The number of thiazole rings is 1. The van der Waals surface area contributed by atoms with Crippen LogP contribution >= 0.6 is 11.3 Å². The predicted molar refractivity (Wildman–Crippen MR) is 51.8 cm³/mol. The molecular weight excluding hydrogens is 199 g/mol. The number of hydrogen-bond acceptors (Lipinski definition) is 3. The fraction of sp³-hybridized carbons (Fsp3) is 0. The minimum atomic E-state index is -0.218. The van der Waals surface area contributed by atoms with Crippen molar-refractivity contribution in [3.63, 3.8) is 0 Å². The van der Waals surface area contributed by atoms with Gasteiger partial charge in [0.15, 0.2) is 10.4 Å². The van der Waals surface area contributed by atoms with E-state index in [9.17, 15) is 4.91 Å². The number of fused-ring (bicyclic) bond motifs is 1. The van der Waals surface area contributed by atoms with Crippen molar-refractivity contribution in [3.8, 4) is 0 Å². The molecule has 62 valence electrons. The molecule has 0 spiro atoms. The molecule has 2 rings (SSSR count). The molecule has 1 aromatic heterocycles. The van der Waals surface area contributed by atoms with Crippen molar-refractivity contribution in [1.29, 1.82) is 0 Å². The summed E-state index contributed by atoms with van der Waals surface area (Å²) in [6.45, 7) is 0. The molecule has 0 bridgehead atoms. The molecule has 6 heteroatoms. The van der Waals surface area contributed by atoms with E-state index in [0.717, 1.165) is 21.6 Å². The number of hydrogen-bond donors (Lipinski definition) is 1. The molecule has 0 amide bonds. The topological polar surface area (TPSA) is 53.2 Å². The van der Waals surface area contributed by atoms with Gasteiger partial charge in [0.25, 0.3) is 0 Å². The molecule has 0 atom stereocenters. The van der Waals surface area contributed by atoms with E-state index in [1.807, 2.05) is 18.2 Å². The van der Waals surface area contributed by atoms with Gasteiger partial charge in [0.2, 0.25) is 0 Å². The van der Waals surface area contributed by atoms with Crippen LogP contribution in [0.25, 0.3) is 10.2 Å². The third-order valence-electron chi connectivity index (χ3n) is 1.45.